The van der Waals surface area contributed by atoms with Crippen molar-refractivity contribution in [3.63, 3.8) is 0 Å². The molecule has 2 heterocycles. The summed E-state index contributed by atoms with van der Waals surface area (Å²) in [4.78, 5) is 32.8. The number of aryl methyl sites for hydroxylation is 2. The van der Waals surface area contributed by atoms with Crippen molar-refractivity contribution in [3.05, 3.63) is 94.6 Å². The molecular weight excluding hydrogens is 460 g/mol. The largest absolute Gasteiger partial charge is 0.507 e. The van der Waals surface area contributed by atoms with Crippen molar-refractivity contribution in [2.45, 2.75) is 26.3 Å². The minimum atomic E-state index is -0.849. The molecule has 6 nitrogen and oxygen atoms in total. The number of hydrogen-bond acceptors (Lipinski definition) is 6. The molecule has 3 aromatic carbocycles. The van der Waals surface area contributed by atoms with Gasteiger partial charge in [-0.25, -0.2) is 4.98 Å². The molecule has 4 aromatic rings. The van der Waals surface area contributed by atoms with Crippen LogP contribution in [0.1, 0.15) is 35.2 Å². The van der Waals surface area contributed by atoms with Gasteiger partial charge in [-0.2, -0.15) is 0 Å². The first-order chi connectivity index (χ1) is 16.9. The number of thiazole rings is 1. The van der Waals surface area contributed by atoms with Crippen LogP contribution in [0.4, 0.5) is 5.13 Å². The van der Waals surface area contributed by atoms with Crippen molar-refractivity contribution >= 4 is 44.1 Å². The zero-order valence-electron chi connectivity index (χ0n) is 19.6. The van der Waals surface area contributed by atoms with Crippen LogP contribution in [0.15, 0.2) is 72.3 Å². The van der Waals surface area contributed by atoms with E-state index in [9.17, 15) is 14.7 Å². The summed E-state index contributed by atoms with van der Waals surface area (Å²) in [5.74, 6) is -1.09. The minimum absolute atomic E-state index is 0.0305. The Labute approximate surface area is 207 Å². The lowest BCUT2D eigenvalue weighted by Crippen LogP contribution is -2.29. The standard InChI is InChI=1S/C28H24N2O4S/c1-4-17-9-11-18(12-10-17)25(31)23-24(19-6-5-7-20(15-19)34-3)30(27(33)26(23)32)28-29-21-13-8-16(2)14-22(21)35-28/h5-15,24,31H,4H2,1-3H3/b25-23+. The molecule has 1 aliphatic heterocycles. The van der Waals surface area contributed by atoms with Crippen LogP contribution in [-0.2, 0) is 16.0 Å². The van der Waals surface area contributed by atoms with Gasteiger partial charge in [0, 0.05) is 5.56 Å². The molecule has 0 spiro atoms. The fourth-order valence-corrected chi connectivity index (χ4v) is 5.42. The average molecular weight is 485 g/mol. The van der Waals surface area contributed by atoms with Crippen molar-refractivity contribution in [2.75, 3.05) is 12.0 Å². The van der Waals surface area contributed by atoms with Gasteiger partial charge < -0.3 is 9.84 Å². The number of aliphatic hydroxyl groups is 1. The summed E-state index contributed by atoms with van der Waals surface area (Å²) in [6.45, 7) is 4.04. The lowest BCUT2D eigenvalue weighted by molar-refractivity contribution is -0.132. The quantitative estimate of drug-likeness (QED) is 0.220. The first-order valence-electron chi connectivity index (χ1n) is 11.3. The van der Waals surface area contributed by atoms with Crippen LogP contribution in [0.5, 0.6) is 5.75 Å². The molecule has 35 heavy (non-hydrogen) atoms. The van der Waals surface area contributed by atoms with Crippen LogP contribution in [-0.4, -0.2) is 28.9 Å². The number of benzene rings is 3. The second-order valence-electron chi connectivity index (χ2n) is 8.46. The van der Waals surface area contributed by atoms with Crippen molar-refractivity contribution in [3.8, 4) is 5.75 Å². The van der Waals surface area contributed by atoms with Gasteiger partial charge in [0.2, 0.25) is 0 Å². The summed E-state index contributed by atoms with van der Waals surface area (Å²) in [7, 11) is 1.56. The third-order valence-corrected chi connectivity index (χ3v) is 7.25. The number of hydrogen-bond donors (Lipinski definition) is 1. The minimum Gasteiger partial charge on any atom is -0.507 e. The Morgan fingerprint density at radius 2 is 1.86 bits per heavy atom. The fourth-order valence-electron chi connectivity index (χ4n) is 4.33. The zero-order valence-corrected chi connectivity index (χ0v) is 20.4. The first kappa shape index (κ1) is 22.8. The number of rotatable bonds is 5. The molecule has 7 heteroatoms. The number of ketones is 1. The number of Topliss-reactive ketones (excluding diaryl/α,β-unsaturated/α-hetero) is 1. The highest BCUT2D eigenvalue weighted by Crippen LogP contribution is 2.44. The van der Waals surface area contributed by atoms with Gasteiger partial charge >= 0.3 is 5.91 Å². The molecule has 5 rings (SSSR count). The highest BCUT2D eigenvalue weighted by atomic mass is 32.1. The number of aliphatic hydroxyl groups excluding tert-OH is 1. The summed E-state index contributed by atoms with van der Waals surface area (Å²) < 4.78 is 6.31. The number of fused-ring (bicyclic) bond motifs is 1. The zero-order chi connectivity index (χ0) is 24.7. The highest BCUT2D eigenvalue weighted by molar-refractivity contribution is 7.22. The summed E-state index contributed by atoms with van der Waals surface area (Å²) in [6, 6.07) is 19.5. The van der Waals surface area contributed by atoms with E-state index in [4.69, 9.17) is 4.74 Å². The number of amides is 1. The number of ether oxygens (including phenoxy) is 1. The van der Waals surface area contributed by atoms with Crippen molar-refractivity contribution in [2.24, 2.45) is 0 Å². The van der Waals surface area contributed by atoms with E-state index in [1.807, 2.05) is 50.2 Å². The van der Waals surface area contributed by atoms with Crippen LogP contribution in [0.3, 0.4) is 0 Å². The summed E-state index contributed by atoms with van der Waals surface area (Å²) >= 11 is 1.34. The van der Waals surface area contributed by atoms with Gasteiger partial charge in [-0.05, 0) is 54.3 Å². The van der Waals surface area contributed by atoms with E-state index in [2.05, 4.69) is 4.98 Å². The molecule has 1 saturated heterocycles. The Morgan fingerprint density at radius 3 is 2.57 bits per heavy atom. The van der Waals surface area contributed by atoms with Gasteiger partial charge in [0.05, 0.1) is 28.9 Å². The lowest BCUT2D eigenvalue weighted by Gasteiger charge is -2.23. The number of anilines is 1. The SMILES string of the molecule is CCc1ccc(/C(O)=C2\C(=O)C(=O)N(c3nc4ccc(C)cc4s3)C2c2cccc(OC)c2)cc1. The van der Waals surface area contributed by atoms with Gasteiger partial charge in [-0.3, -0.25) is 14.5 Å². The van der Waals surface area contributed by atoms with Gasteiger partial charge in [0.15, 0.2) is 5.13 Å². The Balaban J connectivity index is 1.72. The third-order valence-electron chi connectivity index (χ3n) is 6.23. The molecule has 1 aliphatic rings. The van der Waals surface area contributed by atoms with Gasteiger partial charge in [0.25, 0.3) is 5.78 Å². The molecule has 0 aliphatic carbocycles. The summed E-state index contributed by atoms with van der Waals surface area (Å²) in [5, 5.41) is 11.7. The van der Waals surface area contributed by atoms with Gasteiger partial charge in [-0.1, -0.05) is 60.7 Å². The van der Waals surface area contributed by atoms with Crippen molar-refractivity contribution in [1.29, 1.82) is 0 Å². The van der Waals surface area contributed by atoms with Crippen LogP contribution >= 0.6 is 11.3 Å². The molecule has 1 atom stereocenters. The average Bonchev–Trinajstić information content (AvgIpc) is 3.41. The number of nitrogens with zero attached hydrogens (tertiary/aromatic N) is 2. The Bertz CT molecular complexity index is 1490. The van der Waals surface area contributed by atoms with Crippen LogP contribution < -0.4 is 9.64 Å². The molecule has 176 valence electrons. The number of carbonyl (C=O) groups excluding carboxylic acids is 2. The van der Waals surface area contributed by atoms with Gasteiger partial charge in [0.1, 0.15) is 11.5 Å². The number of methoxy groups -OCH3 is 1. The molecule has 1 fully saturated rings. The molecule has 1 amide bonds. The smallest absolute Gasteiger partial charge is 0.301 e. The van der Waals surface area contributed by atoms with Crippen molar-refractivity contribution in [1.82, 2.24) is 4.98 Å². The maximum Gasteiger partial charge on any atom is 0.301 e. The molecule has 1 aromatic heterocycles. The van der Waals surface area contributed by atoms with Crippen LogP contribution in [0.25, 0.3) is 16.0 Å². The normalized spacial score (nSPS) is 17.3. The van der Waals surface area contributed by atoms with E-state index in [1.54, 1.807) is 37.4 Å². The van der Waals surface area contributed by atoms with Crippen LogP contribution in [0.2, 0.25) is 0 Å². The Kier molecular flexibility index (Phi) is 5.86. The van der Waals surface area contributed by atoms with Gasteiger partial charge in [-0.15, -0.1) is 0 Å². The maximum atomic E-state index is 13.4. The molecule has 0 bridgehead atoms. The molecule has 1 N–H and O–H groups in total. The van der Waals surface area contributed by atoms with E-state index in [0.717, 1.165) is 27.8 Å². The van der Waals surface area contributed by atoms with E-state index < -0.39 is 17.7 Å². The van der Waals surface area contributed by atoms with E-state index in [1.165, 1.54) is 16.2 Å². The Morgan fingerprint density at radius 1 is 1.09 bits per heavy atom. The fraction of sp³-hybridized carbons (Fsp3) is 0.179. The highest BCUT2D eigenvalue weighted by Gasteiger charge is 2.48. The molecule has 1 unspecified atom stereocenters. The molecule has 0 saturated carbocycles. The van der Waals surface area contributed by atoms with E-state index in [0.29, 0.717) is 22.0 Å². The number of aromatic nitrogens is 1. The van der Waals surface area contributed by atoms with E-state index >= 15 is 0 Å². The Hall–Kier alpha value is -3.97. The third kappa shape index (κ3) is 3.98. The van der Waals surface area contributed by atoms with Crippen LogP contribution in [0, 0.1) is 6.92 Å². The topological polar surface area (TPSA) is 79.7 Å². The molecule has 0 radical (unpaired) electrons. The van der Waals surface area contributed by atoms with Crippen molar-refractivity contribution < 1.29 is 19.4 Å². The first-order valence-corrected chi connectivity index (χ1v) is 12.1. The predicted octanol–water partition coefficient (Wildman–Crippen LogP) is 5.80. The van der Waals surface area contributed by atoms with E-state index in [-0.39, 0.29) is 11.3 Å². The predicted molar refractivity (Wildman–Crippen MR) is 138 cm³/mol. The monoisotopic (exact) mass is 484 g/mol. The summed E-state index contributed by atoms with van der Waals surface area (Å²) in [5.41, 5.74) is 4.09. The maximum absolute atomic E-state index is 13.4. The second kappa shape index (κ2) is 9.00. The summed E-state index contributed by atoms with van der Waals surface area (Å²) in [6.07, 6.45) is 0.853. The number of carbonyl (C=O) groups is 2. The lowest BCUT2D eigenvalue weighted by atomic mass is 9.95. The molecular formula is C28H24N2O4S. The second-order valence-corrected chi connectivity index (χ2v) is 9.47.